The minimum atomic E-state index is -0.0121. The molecule has 0 spiro atoms. The molecule has 0 unspecified atom stereocenters. The van der Waals surface area contributed by atoms with E-state index in [0.29, 0.717) is 18.4 Å². The van der Waals surface area contributed by atoms with Crippen molar-refractivity contribution < 1.29 is 0 Å². The van der Waals surface area contributed by atoms with Crippen LogP contribution in [0.2, 0.25) is 0 Å². The summed E-state index contributed by atoms with van der Waals surface area (Å²) in [4.78, 5) is 14.2. The summed E-state index contributed by atoms with van der Waals surface area (Å²) >= 11 is 0. The van der Waals surface area contributed by atoms with Crippen molar-refractivity contribution in [1.82, 2.24) is 29.6 Å². The Kier molecular flexibility index (Phi) is 2.91. The largest absolute Gasteiger partial charge is 0.354 e. The van der Waals surface area contributed by atoms with Crippen LogP contribution in [-0.2, 0) is 6.54 Å². The van der Waals surface area contributed by atoms with Crippen molar-refractivity contribution in [1.29, 1.82) is 0 Å². The number of fused-ring (bicyclic) bond motifs is 1. The standard InChI is InChI=1S/C16H17N7O/c24-16-6-3-13(12-1-2-12)19-22(16)9-11-7-21(8-11)15-5-4-14-18-17-10-23(14)20-15/h3-6,10-12H,1-2,7-9H2. The quantitative estimate of drug-likeness (QED) is 0.703. The van der Waals surface area contributed by atoms with Gasteiger partial charge in [-0.3, -0.25) is 4.79 Å². The summed E-state index contributed by atoms with van der Waals surface area (Å²) in [7, 11) is 0. The van der Waals surface area contributed by atoms with Gasteiger partial charge >= 0.3 is 0 Å². The second-order valence-corrected chi connectivity index (χ2v) is 6.65. The summed E-state index contributed by atoms with van der Waals surface area (Å²) in [6.07, 6.45) is 3.99. The molecule has 0 atom stereocenters. The maximum atomic E-state index is 12.0. The molecule has 24 heavy (non-hydrogen) atoms. The van der Waals surface area contributed by atoms with Crippen molar-refractivity contribution in [2.75, 3.05) is 18.0 Å². The molecule has 1 aliphatic carbocycles. The fourth-order valence-electron chi connectivity index (χ4n) is 3.20. The fourth-order valence-corrected chi connectivity index (χ4v) is 3.20. The third kappa shape index (κ3) is 2.34. The van der Waals surface area contributed by atoms with Gasteiger partial charge in [0.1, 0.15) is 12.1 Å². The van der Waals surface area contributed by atoms with Crippen LogP contribution in [0, 0.1) is 5.92 Å². The van der Waals surface area contributed by atoms with E-state index in [1.54, 1.807) is 21.6 Å². The van der Waals surface area contributed by atoms with Gasteiger partial charge < -0.3 is 4.90 Å². The van der Waals surface area contributed by atoms with Crippen LogP contribution in [-0.4, -0.2) is 42.7 Å². The highest BCUT2D eigenvalue weighted by molar-refractivity contribution is 5.46. The Balaban J connectivity index is 1.28. The Bertz CT molecular complexity index is 952. The predicted molar refractivity (Wildman–Crippen MR) is 87.0 cm³/mol. The zero-order chi connectivity index (χ0) is 16.1. The van der Waals surface area contributed by atoms with E-state index in [1.165, 1.54) is 12.8 Å². The Morgan fingerprint density at radius 3 is 2.79 bits per heavy atom. The van der Waals surface area contributed by atoms with Gasteiger partial charge in [0.15, 0.2) is 5.65 Å². The molecule has 0 N–H and O–H groups in total. The molecule has 0 radical (unpaired) electrons. The molecule has 0 amide bonds. The molecular formula is C16H17N7O. The Morgan fingerprint density at radius 2 is 1.96 bits per heavy atom. The Morgan fingerprint density at radius 1 is 1.08 bits per heavy atom. The molecule has 8 heteroatoms. The SMILES string of the molecule is O=c1ccc(C2CC2)nn1CC1CN(c2ccc3nncn3n2)C1. The second kappa shape index (κ2) is 5.12. The second-order valence-electron chi connectivity index (χ2n) is 6.65. The normalized spacial score (nSPS) is 18.1. The van der Waals surface area contributed by atoms with E-state index in [1.807, 2.05) is 18.2 Å². The smallest absolute Gasteiger partial charge is 0.266 e. The van der Waals surface area contributed by atoms with Crippen molar-refractivity contribution in [3.05, 3.63) is 46.6 Å². The highest BCUT2D eigenvalue weighted by Gasteiger charge is 2.30. The van der Waals surface area contributed by atoms with Gasteiger partial charge in [-0.05, 0) is 31.0 Å². The first-order chi connectivity index (χ1) is 11.8. The van der Waals surface area contributed by atoms with Crippen LogP contribution >= 0.6 is 0 Å². The maximum Gasteiger partial charge on any atom is 0.266 e. The van der Waals surface area contributed by atoms with E-state index in [4.69, 9.17) is 0 Å². The average Bonchev–Trinajstić information content (AvgIpc) is 3.29. The van der Waals surface area contributed by atoms with Gasteiger partial charge in [0.2, 0.25) is 0 Å². The lowest BCUT2D eigenvalue weighted by Crippen LogP contribution is -2.50. The first-order valence-electron chi connectivity index (χ1n) is 8.26. The third-order valence-electron chi connectivity index (χ3n) is 4.74. The summed E-state index contributed by atoms with van der Waals surface area (Å²) in [5.74, 6) is 1.89. The first kappa shape index (κ1) is 13.6. The number of hydrogen-bond acceptors (Lipinski definition) is 6. The predicted octanol–water partition coefficient (Wildman–Crippen LogP) is 0.695. The van der Waals surface area contributed by atoms with E-state index in [9.17, 15) is 4.79 Å². The summed E-state index contributed by atoms with van der Waals surface area (Å²) in [5, 5.41) is 16.8. The van der Waals surface area contributed by atoms with Crippen LogP contribution in [0.3, 0.4) is 0 Å². The Hall–Kier alpha value is -2.77. The number of rotatable bonds is 4. The number of aromatic nitrogens is 6. The molecule has 1 aliphatic heterocycles. The number of anilines is 1. The average molecular weight is 323 g/mol. The maximum absolute atomic E-state index is 12.0. The molecule has 1 saturated heterocycles. The highest BCUT2D eigenvalue weighted by Crippen LogP contribution is 2.38. The van der Waals surface area contributed by atoms with Crippen LogP contribution in [0.25, 0.3) is 5.65 Å². The van der Waals surface area contributed by atoms with Gasteiger partial charge in [-0.25, -0.2) is 4.68 Å². The van der Waals surface area contributed by atoms with Crippen LogP contribution < -0.4 is 10.5 Å². The van der Waals surface area contributed by atoms with E-state index >= 15 is 0 Å². The lowest BCUT2D eigenvalue weighted by atomic mass is 10.0. The van der Waals surface area contributed by atoms with Gasteiger partial charge in [0.25, 0.3) is 5.56 Å². The summed E-state index contributed by atoms with van der Waals surface area (Å²) < 4.78 is 3.31. The molecule has 0 bridgehead atoms. The van der Waals surface area contributed by atoms with E-state index in [0.717, 1.165) is 30.2 Å². The molecule has 4 heterocycles. The molecule has 2 aliphatic rings. The van der Waals surface area contributed by atoms with Crippen molar-refractivity contribution in [3.8, 4) is 0 Å². The summed E-state index contributed by atoms with van der Waals surface area (Å²) in [6, 6.07) is 7.40. The Labute approximate surface area is 137 Å². The molecule has 1 saturated carbocycles. The van der Waals surface area contributed by atoms with Gasteiger partial charge in [0, 0.05) is 31.0 Å². The van der Waals surface area contributed by atoms with Gasteiger partial charge in [-0.1, -0.05) is 0 Å². The highest BCUT2D eigenvalue weighted by atomic mass is 16.1. The first-order valence-corrected chi connectivity index (χ1v) is 8.26. The monoisotopic (exact) mass is 323 g/mol. The van der Waals surface area contributed by atoms with Gasteiger partial charge in [-0.2, -0.15) is 9.61 Å². The lowest BCUT2D eigenvalue weighted by molar-refractivity contribution is 0.330. The molecule has 8 nitrogen and oxygen atoms in total. The molecular weight excluding hydrogens is 306 g/mol. The van der Waals surface area contributed by atoms with E-state index in [2.05, 4.69) is 25.3 Å². The van der Waals surface area contributed by atoms with Crippen molar-refractivity contribution in [2.45, 2.75) is 25.3 Å². The molecule has 2 fully saturated rings. The van der Waals surface area contributed by atoms with Crippen LogP contribution in [0.15, 0.2) is 35.4 Å². The minimum Gasteiger partial charge on any atom is -0.354 e. The van der Waals surface area contributed by atoms with Gasteiger partial charge in [-0.15, -0.1) is 15.3 Å². The van der Waals surface area contributed by atoms with Crippen molar-refractivity contribution in [2.24, 2.45) is 5.92 Å². The third-order valence-corrected chi connectivity index (χ3v) is 4.74. The van der Waals surface area contributed by atoms with Crippen LogP contribution in [0.1, 0.15) is 24.5 Å². The van der Waals surface area contributed by atoms with Crippen LogP contribution in [0.5, 0.6) is 0 Å². The summed E-state index contributed by atoms with van der Waals surface area (Å²) in [5.41, 5.74) is 1.79. The van der Waals surface area contributed by atoms with E-state index in [-0.39, 0.29) is 5.56 Å². The lowest BCUT2D eigenvalue weighted by Gasteiger charge is -2.39. The number of nitrogens with zero attached hydrogens (tertiary/aromatic N) is 7. The minimum absolute atomic E-state index is 0.0121. The molecule has 3 aromatic heterocycles. The fraction of sp³-hybridized carbons (Fsp3) is 0.438. The van der Waals surface area contributed by atoms with Gasteiger partial charge in [0.05, 0.1) is 12.2 Å². The molecule has 122 valence electrons. The number of hydrogen-bond donors (Lipinski definition) is 0. The topological polar surface area (TPSA) is 81.2 Å². The molecule has 0 aromatic carbocycles. The van der Waals surface area contributed by atoms with Crippen LogP contribution in [0.4, 0.5) is 5.82 Å². The molecule has 3 aromatic rings. The zero-order valence-electron chi connectivity index (χ0n) is 13.1. The van der Waals surface area contributed by atoms with Crippen molar-refractivity contribution in [3.63, 3.8) is 0 Å². The zero-order valence-corrected chi connectivity index (χ0v) is 13.1. The summed E-state index contributed by atoms with van der Waals surface area (Å²) in [6.45, 7) is 2.43. The van der Waals surface area contributed by atoms with E-state index < -0.39 is 0 Å². The molecule has 5 rings (SSSR count). The van der Waals surface area contributed by atoms with Crippen molar-refractivity contribution >= 4 is 11.5 Å².